The SMILES string of the molecule is CC(C)NC(=O)C(C#N)=Cc1cncn1C(C)C. The number of amides is 1. The third kappa shape index (κ3) is 3.45. The Morgan fingerprint density at radius 1 is 1.50 bits per heavy atom. The van der Waals surface area contributed by atoms with Crippen LogP contribution in [0.15, 0.2) is 18.1 Å². The molecule has 0 bridgehead atoms. The summed E-state index contributed by atoms with van der Waals surface area (Å²) < 4.78 is 1.90. The molecule has 0 aromatic carbocycles. The molecule has 1 aromatic rings. The van der Waals surface area contributed by atoms with Gasteiger partial charge in [0.05, 0.1) is 18.2 Å². The highest BCUT2D eigenvalue weighted by atomic mass is 16.1. The lowest BCUT2D eigenvalue weighted by Crippen LogP contribution is -2.31. The van der Waals surface area contributed by atoms with Gasteiger partial charge in [-0.2, -0.15) is 5.26 Å². The molecule has 5 nitrogen and oxygen atoms in total. The van der Waals surface area contributed by atoms with E-state index in [-0.39, 0.29) is 23.6 Å². The Kier molecular flexibility index (Phi) is 4.67. The molecule has 0 spiro atoms. The maximum absolute atomic E-state index is 11.8. The topological polar surface area (TPSA) is 70.7 Å². The average molecular weight is 246 g/mol. The van der Waals surface area contributed by atoms with Gasteiger partial charge in [0.25, 0.3) is 5.91 Å². The van der Waals surface area contributed by atoms with Crippen LogP contribution in [-0.2, 0) is 4.79 Å². The lowest BCUT2D eigenvalue weighted by Gasteiger charge is -2.10. The normalized spacial score (nSPS) is 11.7. The zero-order valence-corrected chi connectivity index (χ0v) is 11.1. The zero-order valence-electron chi connectivity index (χ0n) is 11.1. The molecule has 1 aromatic heterocycles. The highest BCUT2D eigenvalue weighted by Crippen LogP contribution is 2.12. The van der Waals surface area contributed by atoms with Gasteiger partial charge in [-0.25, -0.2) is 4.98 Å². The highest BCUT2D eigenvalue weighted by Gasteiger charge is 2.12. The van der Waals surface area contributed by atoms with Gasteiger partial charge in [0.15, 0.2) is 0 Å². The Morgan fingerprint density at radius 3 is 2.67 bits per heavy atom. The van der Waals surface area contributed by atoms with E-state index in [1.54, 1.807) is 18.6 Å². The molecule has 18 heavy (non-hydrogen) atoms. The molecule has 0 fully saturated rings. The van der Waals surface area contributed by atoms with Gasteiger partial charge < -0.3 is 9.88 Å². The van der Waals surface area contributed by atoms with E-state index >= 15 is 0 Å². The Balaban J connectivity index is 3.02. The largest absolute Gasteiger partial charge is 0.349 e. The van der Waals surface area contributed by atoms with Crippen LogP contribution in [0.3, 0.4) is 0 Å². The van der Waals surface area contributed by atoms with Gasteiger partial charge in [-0.3, -0.25) is 4.79 Å². The Morgan fingerprint density at radius 2 is 2.17 bits per heavy atom. The summed E-state index contributed by atoms with van der Waals surface area (Å²) in [7, 11) is 0. The number of nitrogens with zero attached hydrogens (tertiary/aromatic N) is 3. The van der Waals surface area contributed by atoms with Gasteiger partial charge in [-0.05, 0) is 33.8 Å². The lowest BCUT2D eigenvalue weighted by molar-refractivity contribution is -0.117. The van der Waals surface area contributed by atoms with Gasteiger partial charge in [0, 0.05) is 12.1 Å². The molecule has 96 valence electrons. The molecule has 1 amide bonds. The first-order valence-electron chi connectivity index (χ1n) is 5.90. The van der Waals surface area contributed by atoms with Crippen molar-refractivity contribution in [2.75, 3.05) is 0 Å². The van der Waals surface area contributed by atoms with Crippen LogP contribution < -0.4 is 5.32 Å². The molecular formula is C13H18N4O. The predicted octanol–water partition coefficient (Wildman–Crippen LogP) is 1.90. The minimum Gasteiger partial charge on any atom is -0.349 e. The van der Waals surface area contributed by atoms with Gasteiger partial charge in [0.1, 0.15) is 11.6 Å². The van der Waals surface area contributed by atoms with Crippen LogP contribution in [0.5, 0.6) is 0 Å². The third-order valence-electron chi connectivity index (χ3n) is 2.33. The third-order valence-corrected chi connectivity index (χ3v) is 2.33. The monoisotopic (exact) mass is 246 g/mol. The first kappa shape index (κ1) is 14.0. The second-order valence-corrected chi connectivity index (χ2v) is 4.62. The van der Waals surface area contributed by atoms with Gasteiger partial charge >= 0.3 is 0 Å². The van der Waals surface area contributed by atoms with Crippen LogP contribution >= 0.6 is 0 Å². The molecule has 0 aliphatic rings. The van der Waals surface area contributed by atoms with Gasteiger partial charge in [-0.15, -0.1) is 0 Å². The molecule has 0 atom stereocenters. The first-order chi connectivity index (χ1) is 8.45. The molecule has 1 N–H and O–H groups in total. The molecule has 1 rings (SSSR count). The van der Waals surface area contributed by atoms with E-state index in [4.69, 9.17) is 5.26 Å². The van der Waals surface area contributed by atoms with Crippen molar-refractivity contribution in [2.45, 2.75) is 39.8 Å². The van der Waals surface area contributed by atoms with Crippen molar-refractivity contribution in [1.82, 2.24) is 14.9 Å². The fourth-order valence-corrected chi connectivity index (χ4v) is 1.49. The Bertz CT molecular complexity index is 491. The maximum atomic E-state index is 11.8. The van der Waals surface area contributed by atoms with E-state index < -0.39 is 0 Å². The molecule has 0 unspecified atom stereocenters. The molecule has 0 aliphatic heterocycles. The number of imidazole rings is 1. The fraction of sp³-hybridized carbons (Fsp3) is 0.462. The number of carbonyl (C=O) groups excluding carboxylic acids is 1. The van der Waals surface area contributed by atoms with E-state index in [0.29, 0.717) is 0 Å². The van der Waals surface area contributed by atoms with Crippen molar-refractivity contribution >= 4 is 12.0 Å². The second-order valence-electron chi connectivity index (χ2n) is 4.62. The molecule has 5 heteroatoms. The second kappa shape index (κ2) is 6.01. The van der Waals surface area contributed by atoms with E-state index in [1.165, 1.54) is 0 Å². The average Bonchev–Trinajstić information content (AvgIpc) is 2.72. The fourth-order valence-electron chi connectivity index (χ4n) is 1.49. The van der Waals surface area contributed by atoms with Crippen LogP contribution in [0.1, 0.15) is 39.4 Å². The van der Waals surface area contributed by atoms with Crippen molar-refractivity contribution < 1.29 is 4.79 Å². The van der Waals surface area contributed by atoms with Gasteiger partial charge in [-0.1, -0.05) is 0 Å². The minimum absolute atomic E-state index is 0.00394. The Hall–Kier alpha value is -2.09. The summed E-state index contributed by atoms with van der Waals surface area (Å²) in [6.45, 7) is 7.73. The van der Waals surface area contributed by atoms with Crippen LogP contribution in [0.2, 0.25) is 0 Å². The summed E-state index contributed by atoms with van der Waals surface area (Å²) in [6, 6.07) is 2.15. The number of nitriles is 1. The van der Waals surface area contributed by atoms with Crippen molar-refractivity contribution in [1.29, 1.82) is 5.26 Å². The van der Waals surface area contributed by atoms with E-state index in [1.807, 2.05) is 38.3 Å². The van der Waals surface area contributed by atoms with Gasteiger partial charge in [0.2, 0.25) is 0 Å². The number of aromatic nitrogens is 2. The van der Waals surface area contributed by atoms with E-state index in [0.717, 1.165) is 5.69 Å². The predicted molar refractivity (Wildman–Crippen MR) is 69.5 cm³/mol. The molecule has 0 aliphatic carbocycles. The smallest absolute Gasteiger partial charge is 0.262 e. The van der Waals surface area contributed by atoms with Crippen LogP contribution in [0.4, 0.5) is 0 Å². The molecule has 0 radical (unpaired) electrons. The summed E-state index contributed by atoms with van der Waals surface area (Å²) >= 11 is 0. The van der Waals surface area contributed by atoms with Crippen molar-refractivity contribution in [3.63, 3.8) is 0 Å². The van der Waals surface area contributed by atoms with E-state index in [2.05, 4.69) is 10.3 Å². The Labute approximate surface area is 107 Å². The van der Waals surface area contributed by atoms with Crippen molar-refractivity contribution in [3.05, 3.63) is 23.8 Å². The number of rotatable bonds is 4. The molecular weight excluding hydrogens is 228 g/mol. The summed E-state index contributed by atoms with van der Waals surface area (Å²) in [4.78, 5) is 15.8. The number of carbonyl (C=O) groups is 1. The summed E-state index contributed by atoms with van der Waals surface area (Å²) in [6.07, 6.45) is 4.89. The molecule has 0 saturated heterocycles. The summed E-state index contributed by atoms with van der Waals surface area (Å²) in [5.74, 6) is -0.357. The number of hydrogen-bond acceptors (Lipinski definition) is 3. The molecule has 1 heterocycles. The summed E-state index contributed by atoms with van der Waals surface area (Å²) in [5, 5.41) is 11.7. The maximum Gasteiger partial charge on any atom is 0.262 e. The van der Waals surface area contributed by atoms with Crippen LogP contribution in [0.25, 0.3) is 6.08 Å². The zero-order chi connectivity index (χ0) is 13.7. The number of nitrogens with one attached hydrogen (secondary N) is 1. The highest BCUT2D eigenvalue weighted by molar-refractivity contribution is 6.01. The molecule has 0 saturated carbocycles. The summed E-state index contributed by atoms with van der Waals surface area (Å²) in [5.41, 5.74) is 0.839. The lowest BCUT2D eigenvalue weighted by atomic mass is 10.2. The van der Waals surface area contributed by atoms with E-state index in [9.17, 15) is 4.79 Å². The van der Waals surface area contributed by atoms with Crippen LogP contribution in [0, 0.1) is 11.3 Å². The standard InChI is InChI=1S/C13H18N4O/c1-9(2)16-13(18)11(6-14)5-12-7-15-8-17(12)10(3)4/h5,7-10H,1-4H3,(H,16,18). The van der Waals surface area contributed by atoms with Crippen molar-refractivity contribution in [3.8, 4) is 6.07 Å². The minimum atomic E-state index is -0.357. The van der Waals surface area contributed by atoms with Crippen molar-refractivity contribution in [2.24, 2.45) is 0 Å². The first-order valence-corrected chi connectivity index (χ1v) is 5.90. The van der Waals surface area contributed by atoms with Crippen LogP contribution in [-0.4, -0.2) is 21.5 Å². The number of hydrogen-bond donors (Lipinski definition) is 1. The quantitative estimate of drug-likeness (QED) is 0.651.